The number of rotatable bonds is 3. The van der Waals surface area contributed by atoms with Crippen LogP contribution in [0.3, 0.4) is 0 Å². The van der Waals surface area contributed by atoms with Gasteiger partial charge in [-0.2, -0.15) is 33.8 Å². The van der Waals surface area contributed by atoms with Crippen molar-refractivity contribution in [3.05, 3.63) is 103 Å². The monoisotopic (exact) mass is 476 g/mol. The molecule has 0 amide bonds. The SMILES string of the molecule is [Cl-].[Cl-].[Zr+4].c1ccc(B(c2cc3ccccc3[cH-]2)c2cc3ccccc3[cH-]2)cc1. The molecule has 4 heteroatoms. The molecule has 5 rings (SSSR count). The fraction of sp³-hybridized carbons (Fsp3) is 0. The first-order valence-corrected chi connectivity index (χ1v) is 8.74. The molecule has 0 aliphatic heterocycles. The zero-order valence-corrected chi connectivity index (χ0v) is 19.1. The molecule has 0 aliphatic carbocycles. The fourth-order valence-corrected chi connectivity index (χ4v) is 3.91. The summed E-state index contributed by atoms with van der Waals surface area (Å²) >= 11 is 0. The van der Waals surface area contributed by atoms with Crippen molar-refractivity contribution in [2.75, 3.05) is 0 Å². The molecule has 0 radical (unpaired) electrons. The Morgan fingerprint density at radius 3 is 1.43 bits per heavy atom. The second kappa shape index (κ2) is 9.75. The summed E-state index contributed by atoms with van der Waals surface area (Å²) < 4.78 is 0. The molecule has 0 atom stereocenters. The van der Waals surface area contributed by atoms with Gasteiger partial charge in [-0.3, -0.25) is 0 Å². The van der Waals surface area contributed by atoms with E-state index in [0.717, 1.165) is 0 Å². The Balaban J connectivity index is 0.000000934. The topological polar surface area (TPSA) is 0 Å². The van der Waals surface area contributed by atoms with Crippen molar-refractivity contribution in [1.29, 1.82) is 0 Å². The summed E-state index contributed by atoms with van der Waals surface area (Å²) in [5, 5.41) is 5.26. The molecule has 134 valence electrons. The first-order chi connectivity index (χ1) is 12.4. The standard InChI is InChI=1S/C24H17B.2ClH.Zr/c1-2-12-22(13-3-1)25(23-14-18-8-4-5-9-19(18)15-23)24-16-20-10-6-7-11-21(20)17-24;;;/h1-17H;2*1H;/q-2;;;+4/p-2. The molecule has 0 nitrogen and oxygen atoms in total. The average molecular weight is 478 g/mol. The summed E-state index contributed by atoms with van der Waals surface area (Å²) in [6.45, 7) is 0.265. The van der Waals surface area contributed by atoms with Gasteiger partial charge in [0.25, 0.3) is 0 Å². The Hall–Kier alpha value is -1.59. The Labute approximate surface area is 197 Å². The van der Waals surface area contributed by atoms with Gasteiger partial charge in [-0.05, 0) is 0 Å². The van der Waals surface area contributed by atoms with Crippen LogP contribution >= 0.6 is 0 Å². The van der Waals surface area contributed by atoms with Gasteiger partial charge in [0.2, 0.25) is 6.71 Å². The molecule has 0 aliphatic rings. The first kappa shape index (κ1) is 22.7. The molecule has 0 spiro atoms. The Morgan fingerprint density at radius 1 is 0.536 bits per heavy atom. The molecule has 0 bridgehead atoms. The molecule has 0 saturated carbocycles. The summed E-state index contributed by atoms with van der Waals surface area (Å²) in [7, 11) is 0. The molecule has 0 saturated heterocycles. The third-order valence-electron chi connectivity index (χ3n) is 5.08. The Kier molecular flexibility index (Phi) is 7.90. The molecular weight excluding hydrogens is 461 g/mol. The van der Waals surface area contributed by atoms with Crippen LogP contribution in [0.15, 0.2) is 103 Å². The zero-order valence-electron chi connectivity index (χ0n) is 15.1. The molecule has 0 unspecified atom stereocenters. The predicted octanol–water partition coefficient (Wildman–Crippen LogP) is -2.05. The number of hydrogen-bond donors (Lipinski definition) is 0. The van der Waals surface area contributed by atoms with Crippen LogP contribution in [-0.2, 0) is 26.2 Å². The van der Waals surface area contributed by atoms with E-state index in [9.17, 15) is 0 Å². The van der Waals surface area contributed by atoms with E-state index in [-0.39, 0.29) is 57.7 Å². The number of benzene rings is 3. The minimum Gasteiger partial charge on any atom is -1.00 e. The van der Waals surface area contributed by atoms with Crippen molar-refractivity contribution < 1.29 is 51.0 Å². The number of halogens is 2. The smallest absolute Gasteiger partial charge is 1.00 e. The summed E-state index contributed by atoms with van der Waals surface area (Å²) in [5.41, 5.74) is 4.07. The van der Waals surface area contributed by atoms with E-state index < -0.39 is 0 Å². The average Bonchev–Trinajstić information content (AvgIpc) is 3.26. The van der Waals surface area contributed by atoms with Gasteiger partial charge >= 0.3 is 26.2 Å². The molecule has 28 heavy (non-hydrogen) atoms. The summed E-state index contributed by atoms with van der Waals surface area (Å²) in [6, 6.07) is 37.4. The molecule has 0 aromatic heterocycles. The van der Waals surface area contributed by atoms with Crippen LogP contribution in [0.4, 0.5) is 0 Å². The normalized spacial score (nSPS) is 10.0. The van der Waals surface area contributed by atoms with E-state index in [1.165, 1.54) is 37.9 Å². The van der Waals surface area contributed by atoms with Crippen molar-refractivity contribution in [3.63, 3.8) is 0 Å². The van der Waals surface area contributed by atoms with Crippen LogP contribution in [0.5, 0.6) is 0 Å². The van der Waals surface area contributed by atoms with Crippen LogP contribution in [0, 0.1) is 0 Å². The quantitative estimate of drug-likeness (QED) is 0.207. The maximum atomic E-state index is 2.34. The first-order valence-electron chi connectivity index (χ1n) is 8.74. The zero-order chi connectivity index (χ0) is 16.6. The van der Waals surface area contributed by atoms with Crippen molar-refractivity contribution in [2.45, 2.75) is 0 Å². The van der Waals surface area contributed by atoms with E-state index in [1.54, 1.807) is 0 Å². The summed E-state index contributed by atoms with van der Waals surface area (Å²) in [4.78, 5) is 0. The minimum absolute atomic E-state index is 0. The fourth-order valence-electron chi connectivity index (χ4n) is 3.91. The second-order valence-corrected chi connectivity index (χ2v) is 6.68. The number of hydrogen-bond acceptors (Lipinski definition) is 0. The van der Waals surface area contributed by atoms with Crippen LogP contribution < -0.4 is 41.2 Å². The van der Waals surface area contributed by atoms with Gasteiger partial charge in [0.15, 0.2) is 0 Å². The Bertz CT molecular complexity index is 1020. The largest absolute Gasteiger partial charge is 4.00 e. The summed E-state index contributed by atoms with van der Waals surface area (Å²) in [5.74, 6) is 0. The molecular formula is C24H17BCl2Zr. The van der Waals surface area contributed by atoms with Crippen LogP contribution in [0.1, 0.15) is 0 Å². The third-order valence-corrected chi connectivity index (χ3v) is 5.08. The van der Waals surface area contributed by atoms with Crippen molar-refractivity contribution in [1.82, 2.24) is 0 Å². The second-order valence-electron chi connectivity index (χ2n) is 6.68. The van der Waals surface area contributed by atoms with Crippen molar-refractivity contribution >= 4 is 44.6 Å². The maximum Gasteiger partial charge on any atom is 4.00 e. The Morgan fingerprint density at radius 2 is 0.964 bits per heavy atom. The van der Waals surface area contributed by atoms with E-state index in [1.807, 2.05) is 0 Å². The van der Waals surface area contributed by atoms with Crippen molar-refractivity contribution in [2.24, 2.45) is 0 Å². The maximum absolute atomic E-state index is 2.34. The van der Waals surface area contributed by atoms with E-state index >= 15 is 0 Å². The minimum atomic E-state index is 0. The van der Waals surface area contributed by atoms with Gasteiger partial charge < -0.3 is 24.8 Å². The molecule has 5 aromatic rings. The summed E-state index contributed by atoms with van der Waals surface area (Å²) in [6.07, 6.45) is 0. The van der Waals surface area contributed by atoms with Gasteiger partial charge in [0.1, 0.15) is 0 Å². The van der Waals surface area contributed by atoms with Gasteiger partial charge in [-0.15, -0.1) is 59.3 Å². The van der Waals surface area contributed by atoms with Crippen LogP contribution in [0.2, 0.25) is 0 Å². The van der Waals surface area contributed by atoms with E-state index in [4.69, 9.17) is 0 Å². The van der Waals surface area contributed by atoms with E-state index in [2.05, 4.69) is 103 Å². The molecule has 0 fully saturated rings. The third kappa shape index (κ3) is 4.20. The molecule has 5 aromatic carbocycles. The molecule has 0 N–H and O–H groups in total. The van der Waals surface area contributed by atoms with Crippen LogP contribution in [-0.4, -0.2) is 6.71 Å². The predicted molar refractivity (Wildman–Crippen MR) is 110 cm³/mol. The van der Waals surface area contributed by atoms with Crippen LogP contribution in [0.25, 0.3) is 21.5 Å². The van der Waals surface area contributed by atoms with Crippen molar-refractivity contribution in [3.8, 4) is 0 Å². The van der Waals surface area contributed by atoms with Gasteiger partial charge in [-0.25, -0.2) is 0 Å². The van der Waals surface area contributed by atoms with Gasteiger partial charge in [0.05, 0.1) is 0 Å². The van der Waals surface area contributed by atoms with E-state index in [0.29, 0.717) is 0 Å². The number of fused-ring (bicyclic) bond motifs is 2. The van der Waals surface area contributed by atoms with Gasteiger partial charge in [0, 0.05) is 0 Å². The molecule has 0 heterocycles. The van der Waals surface area contributed by atoms with Gasteiger partial charge in [-0.1, -0.05) is 47.9 Å².